The number of ether oxygens (including phenoxy) is 4. The number of fused-ring (bicyclic) bond motifs is 8. The van der Waals surface area contributed by atoms with E-state index in [1.165, 1.54) is 14.2 Å². The van der Waals surface area contributed by atoms with Gasteiger partial charge in [0.2, 0.25) is 11.8 Å². The second-order valence-corrected chi connectivity index (χ2v) is 18.0. The lowest BCUT2D eigenvalue weighted by Gasteiger charge is -2.40. The van der Waals surface area contributed by atoms with Crippen molar-refractivity contribution in [2.75, 3.05) is 27.4 Å². The molecule has 3 unspecified atom stereocenters. The summed E-state index contributed by atoms with van der Waals surface area (Å²) in [4.78, 5) is 73.2. The number of methoxy groups -OCH3 is 2. The number of nitrogens with one attached hydrogen (secondary N) is 4. The van der Waals surface area contributed by atoms with E-state index in [2.05, 4.69) is 70.8 Å². The lowest BCUT2D eigenvalue weighted by molar-refractivity contribution is -0.138. The summed E-state index contributed by atoms with van der Waals surface area (Å²) in [6.45, 7) is 13.7. The van der Waals surface area contributed by atoms with Crippen LogP contribution in [0.4, 0.5) is 9.59 Å². The highest BCUT2D eigenvalue weighted by Gasteiger charge is 2.52. The molecular formula is C49H62N8O8. The standard InChI is InChI=1S/C47H56N8O8.C2H6/c1-7-9-34-37-21-47(4,15-17-62-37)41(53-46(59)61-6)44(57)55(34)23-38-49-32-14-12-26-19-31-29-13-11-27(18-28(29)24-63-36(31)20-30(26)40(32)51-38)33-22-48-42(50-33)35-10-8-16-54(35)43(56)39(25(2)3)52-45(58)60-5;1-2/h11-14,18-20,22,25,34-35,37,39,41H,7-10,15-17,21,23-24H2,1-6H3,(H,48,50)(H,49,51)(H,52,58)(H,53,59);1-2H3/t34-,35+,37?,39?,41-,47?;/m1./s1. The van der Waals surface area contributed by atoms with Crippen LogP contribution >= 0.6 is 0 Å². The fourth-order valence-corrected chi connectivity index (χ4v) is 10.2. The molecular weight excluding hydrogens is 829 g/mol. The number of hydrogen-bond donors (Lipinski definition) is 4. The van der Waals surface area contributed by atoms with E-state index in [-0.39, 0.29) is 42.5 Å². The lowest BCUT2D eigenvalue weighted by atomic mass is 9.73. The van der Waals surface area contributed by atoms with Crippen molar-refractivity contribution in [3.8, 4) is 28.1 Å². The Kier molecular flexibility index (Phi) is 13.1. The number of amides is 4. The first-order chi connectivity index (χ1) is 31.4. The molecule has 2 bridgehead atoms. The van der Waals surface area contributed by atoms with Crippen molar-refractivity contribution in [2.24, 2.45) is 11.3 Å². The molecule has 4 N–H and O–H groups in total. The number of imidazole rings is 2. The van der Waals surface area contributed by atoms with Gasteiger partial charge in [0.05, 0.1) is 61.9 Å². The molecule has 3 fully saturated rings. The van der Waals surface area contributed by atoms with Gasteiger partial charge in [0.15, 0.2) is 0 Å². The fraction of sp³-hybridized carbons (Fsp3) is 0.510. The minimum atomic E-state index is -0.759. The first-order valence-electron chi connectivity index (χ1n) is 23.1. The van der Waals surface area contributed by atoms with Gasteiger partial charge in [0.1, 0.15) is 36.1 Å². The van der Waals surface area contributed by atoms with E-state index in [9.17, 15) is 19.2 Å². The van der Waals surface area contributed by atoms with Crippen LogP contribution in [0.5, 0.6) is 5.75 Å². The molecule has 3 saturated heterocycles. The minimum Gasteiger partial charge on any atom is -0.488 e. The van der Waals surface area contributed by atoms with Gasteiger partial charge in [-0.1, -0.05) is 66.2 Å². The van der Waals surface area contributed by atoms with Crippen molar-refractivity contribution < 1.29 is 38.1 Å². The largest absolute Gasteiger partial charge is 0.488 e. The smallest absolute Gasteiger partial charge is 0.407 e. The highest BCUT2D eigenvalue weighted by atomic mass is 16.5. The number of alkyl carbamates (subject to hydrolysis) is 2. The van der Waals surface area contributed by atoms with Crippen LogP contribution < -0.4 is 15.4 Å². The Bertz CT molecular complexity index is 2590. The maximum Gasteiger partial charge on any atom is 0.407 e. The van der Waals surface area contributed by atoms with Crippen LogP contribution in [0.3, 0.4) is 0 Å². The Morgan fingerprint density at radius 2 is 1.83 bits per heavy atom. The van der Waals surface area contributed by atoms with Crippen LogP contribution in [0, 0.1) is 11.3 Å². The fourth-order valence-electron chi connectivity index (χ4n) is 10.2. The molecule has 5 aromatic rings. The van der Waals surface area contributed by atoms with Gasteiger partial charge >= 0.3 is 12.2 Å². The maximum absolute atomic E-state index is 14.5. The van der Waals surface area contributed by atoms with E-state index in [0.29, 0.717) is 44.2 Å². The Labute approximate surface area is 379 Å². The average Bonchev–Trinajstić information content (AvgIpc) is 4.10. The van der Waals surface area contributed by atoms with Crippen LogP contribution in [0.2, 0.25) is 0 Å². The molecule has 65 heavy (non-hydrogen) atoms. The lowest BCUT2D eigenvalue weighted by Crippen LogP contribution is -2.55. The summed E-state index contributed by atoms with van der Waals surface area (Å²) in [5, 5.41) is 7.52. The number of carbonyl (C=O) groups excluding carboxylic acids is 4. The molecule has 0 aliphatic carbocycles. The van der Waals surface area contributed by atoms with Crippen molar-refractivity contribution in [1.29, 1.82) is 0 Å². The number of aromatic nitrogens is 4. The molecule has 346 valence electrons. The Hall–Kier alpha value is -6.16. The summed E-state index contributed by atoms with van der Waals surface area (Å²) in [6, 6.07) is 12.7. The highest BCUT2D eigenvalue weighted by molar-refractivity contribution is 6.07. The van der Waals surface area contributed by atoms with E-state index >= 15 is 0 Å². The number of rotatable bonds is 10. The molecule has 9 rings (SSSR count). The van der Waals surface area contributed by atoms with E-state index in [1.807, 2.05) is 49.8 Å². The molecule has 16 heteroatoms. The van der Waals surface area contributed by atoms with Crippen LogP contribution in [0.1, 0.15) is 103 Å². The molecule has 0 saturated carbocycles. The van der Waals surface area contributed by atoms with Crippen LogP contribution in [0.15, 0.2) is 48.7 Å². The number of aromatic amines is 2. The predicted octanol–water partition coefficient (Wildman–Crippen LogP) is 8.16. The van der Waals surface area contributed by atoms with Gasteiger partial charge in [-0.3, -0.25) is 9.59 Å². The summed E-state index contributed by atoms with van der Waals surface area (Å²) in [5.41, 5.74) is 6.04. The zero-order valence-electron chi connectivity index (χ0n) is 38.7. The number of benzene rings is 3. The molecule has 16 nitrogen and oxygen atoms in total. The SMILES string of the molecule is CC.CCC[C@@H]1C2CC(C)(CCO2)[C@H](NC(=O)OC)C(=O)N1Cc1nc2c(ccc3cc4c(cc32)OCc2cc(-c3cnc([C@@H]5CCCN5C(=O)C(NC(=O)OC)C(C)C)[nH]3)ccc2-4)[nH]1. The van der Waals surface area contributed by atoms with Gasteiger partial charge in [-0.25, -0.2) is 19.6 Å². The van der Waals surface area contributed by atoms with Crippen molar-refractivity contribution in [2.45, 2.75) is 123 Å². The van der Waals surface area contributed by atoms with E-state index in [4.69, 9.17) is 28.9 Å². The number of likely N-dealkylation sites (tertiary alicyclic amines) is 2. The Balaban J connectivity index is 0.00000284. The number of carbonyl (C=O) groups is 4. The Morgan fingerprint density at radius 1 is 1.03 bits per heavy atom. The normalized spacial score (nSPS) is 22.9. The van der Waals surface area contributed by atoms with Crippen molar-refractivity contribution in [1.82, 2.24) is 40.4 Å². The summed E-state index contributed by atoms with van der Waals surface area (Å²) < 4.78 is 22.5. The molecule has 0 radical (unpaired) electrons. The monoisotopic (exact) mass is 890 g/mol. The zero-order chi connectivity index (χ0) is 46.2. The third-order valence-corrected chi connectivity index (χ3v) is 13.6. The number of hydrogen-bond acceptors (Lipinski definition) is 10. The molecule has 2 aromatic heterocycles. The maximum atomic E-state index is 14.5. The quantitative estimate of drug-likeness (QED) is 0.106. The van der Waals surface area contributed by atoms with Crippen LogP contribution in [0.25, 0.3) is 44.2 Å². The summed E-state index contributed by atoms with van der Waals surface area (Å²) in [5.74, 6) is 1.69. The van der Waals surface area contributed by atoms with Gasteiger partial charge in [-0.05, 0) is 84.4 Å². The first kappa shape index (κ1) is 45.4. The summed E-state index contributed by atoms with van der Waals surface area (Å²) in [7, 11) is 2.60. The molecule has 3 aromatic carbocycles. The third-order valence-electron chi connectivity index (χ3n) is 13.6. The van der Waals surface area contributed by atoms with Crippen LogP contribution in [-0.4, -0.2) is 105 Å². The first-order valence-corrected chi connectivity index (χ1v) is 23.1. The van der Waals surface area contributed by atoms with Crippen molar-refractivity contribution >= 4 is 45.8 Å². The summed E-state index contributed by atoms with van der Waals surface area (Å²) in [6.07, 6.45) is 4.92. The Morgan fingerprint density at radius 3 is 2.58 bits per heavy atom. The molecule has 6 heterocycles. The number of nitrogens with zero attached hydrogens (tertiary/aromatic N) is 4. The molecule has 6 atom stereocenters. The summed E-state index contributed by atoms with van der Waals surface area (Å²) >= 11 is 0. The van der Waals surface area contributed by atoms with Gasteiger partial charge in [-0.2, -0.15) is 0 Å². The topological polar surface area (TPSA) is 193 Å². The van der Waals surface area contributed by atoms with Gasteiger partial charge in [0.25, 0.3) is 0 Å². The van der Waals surface area contributed by atoms with Gasteiger partial charge < -0.3 is 49.3 Å². The van der Waals surface area contributed by atoms with Crippen molar-refractivity contribution in [3.63, 3.8) is 0 Å². The molecule has 4 aliphatic heterocycles. The van der Waals surface area contributed by atoms with E-state index in [0.717, 1.165) is 81.2 Å². The average molecular weight is 891 g/mol. The van der Waals surface area contributed by atoms with Gasteiger partial charge in [0, 0.05) is 29.5 Å². The van der Waals surface area contributed by atoms with Gasteiger partial charge in [-0.15, -0.1) is 0 Å². The molecule has 0 spiro atoms. The second kappa shape index (κ2) is 18.7. The van der Waals surface area contributed by atoms with E-state index < -0.39 is 29.7 Å². The molecule has 4 amide bonds. The second-order valence-electron chi connectivity index (χ2n) is 18.0. The predicted molar refractivity (Wildman–Crippen MR) is 246 cm³/mol. The highest BCUT2D eigenvalue weighted by Crippen LogP contribution is 2.45. The third kappa shape index (κ3) is 8.60. The van der Waals surface area contributed by atoms with Crippen molar-refractivity contribution in [3.05, 3.63) is 65.9 Å². The van der Waals surface area contributed by atoms with E-state index in [1.54, 1.807) is 0 Å². The van der Waals surface area contributed by atoms with Crippen LogP contribution in [-0.2, 0) is 37.0 Å². The molecule has 4 aliphatic rings. The number of H-pyrrole nitrogens is 2. The minimum absolute atomic E-state index is 0.121. The zero-order valence-corrected chi connectivity index (χ0v) is 38.7.